The summed E-state index contributed by atoms with van der Waals surface area (Å²) in [6.07, 6.45) is 2.81. The Morgan fingerprint density at radius 2 is 1.85 bits per heavy atom. The van der Waals surface area contributed by atoms with Gasteiger partial charge >= 0.3 is 17.9 Å². The van der Waals surface area contributed by atoms with Crippen LogP contribution in [-0.2, 0) is 20.8 Å². The maximum absolute atomic E-state index is 11.1. The highest BCUT2D eigenvalue weighted by Gasteiger charge is 2.23. The number of nitrogens with one attached hydrogen (secondary N) is 2. The maximum atomic E-state index is 11.1. The Bertz CT molecular complexity index is 458. The second-order valence-corrected chi connectivity index (χ2v) is 3.94. The molecule has 0 aromatic carbocycles. The van der Waals surface area contributed by atoms with Gasteiger partial charge in [0.25, 0.3) is 0 Å². The number of hydrazine groups is 1. The molecule has 20 heavy (non-hydrogen) atoms. The van der Waals surface area contributed by atoms with Crippen LogP contribution in [0.15, 0.2) is 12.5 Å². The van der Waals surface area contributed by atoms with Gasteiger partial charge in [-0.15, -0.1) is 0 Å². The summed E-state index contributed by atoms with van der Waals surface area (Å²) in [6.45, 7) is -1.28. The van der Waals surface area contributed by atoms with E-state index in [-0.39, 0.29) is 6.42 Å². The van der Waals surface area contributed by atoms with Crippen molar-refractivity contribution in [3.63, 3.8) is 0 Å². The van der Waals surface area contributed by atoms with Crippen molar-refractivity contribution in [3.05, 3.63) is 18.2 Å². The molecule has 0 saturated heterocycles. The third kappa shape index (κ3) is 5.46. The first-order valence-corrected chi connectivity index (χ1v) is 5.53. The molecule has 0 unspecified atom stereocenters. The summed E-state index contributed by atoms with van der Waals surface area (Å²) < 4.78 is 0. The Kier molecular flexibility index (Phi) is 5.62. The molecule has 5 N–H and O–H groups in total. The third-order valence-corrected chi connectivity index (χ3v) is 2.27. The Morgan fingerprint density at radius 1 is 1.25 bits per heavy atom. The zero-order chi connectivity index (χ0) is 15.1. The fourth-order valence-electron chi connectivity index (χ4n) is 1.50. The van der Waals surface area contributed by atoms with Gasteiger partial charge in [0.1, 0.15) is 19.1 Å². The van der Waals surface area contributed by atoms with E-state index in [0.717, 1.165) is 5.01 Å². The first kappa shape index (κ1) is 15.6. The van der Waals surface area contributed by atoms with E-state index in [4.69, 9.17) is 15.3 Å². The van der Waals surface area contributed by atoms with E-state index in [9.17, 15) is 14.4 Å². The average Bonchev–Trinajstić information content (AvgIpc) is 2.78. The molecule has 0 radical (unpaired) electrons. The highest BCUT2D eigenvalue weighted by Crippen LogP contribution is 2.00. The van der Waals surface area contributed by atoms with Gasteiger partial charge in [0.05, 0.1) is 6.33 Å². The largest absolute Gasteiger partial charge is 0.480 e. The van der Waals surface area contributed by atoms with Gasteiger partial charge < -0.3 is 20.3 Å². The number of hydrogen-bond donors (Lipinski definition) is 5. The highest BCUT2D eigenvalue weighted by molar-refractivity contribution is 5.75. The van der Waals surface area contributed by atoms with Crippen LogP contribution in [0.1, 0.15) is 5.69 Å². The lowest BCUT2D eigenvalue weighted by molar-refractivity contribution is -0.148. The van der Waals surface area contributed by atoms with Crippen molar-refractivity contribution in [1.82, 2.24) is 20.4 Å². The van der Waals surface area contributed by atoms with Crippen molar-refractivity contribution in [2.45, 2.75) is 12.5 Å². The van der Waals surface area contributed by atoms with Crippen LogP contribution in [0, 0.1) is 0 Å². The Hall–Kier alpha value is -2.46. The first-order chi connectivity index (χ1) is 9.38. The number of H-pyrrole nitrogens is 1. The predicted molar refractivity (Wildman–Crippen MR) is 63.7 cm³/mol. The standard InChI is InChI=1S/C10H14N4O6/c15-8(16)3-14(4-9(17)18)13-7(10(19)20)1-6-2-11-5-12-6/h2,5,7,13H,1,3-4H2,(H,11,12)(H,15,16)(H,17,18)(H,19,20)/t7-/m0/s1. The number of aliphatic carboxylic acids is 3. The van der Waals surface area contributed by atoms with Crippen molar-refractivity contribution >= 4 is 17.9 Å². The summed E-state index contributed by atoms with van der Waals surface area (Å²) in [7, 11) is 0. The quantitative estimate of drug-likeness (QED) is 0.337. The Labute approximate surface area is 113 Å². The number of aromatic nitrogens is 2. The fourth-order valence-corrected chi connectivity index (χ4v) is 1.50. The normalized spacial score (nSPS) is 12.2. The summed E-state index contributed by atoms with van der Waals surface area (Å²) in [4.78, 5) is 38.8. The van der Waals surface area contributed by atoms with E-state index in [1.54, 1.807) is 0 Å². The molecule has 10 nitrogen and oxygen atoms in total. The lowest BCUT2D eigenvalue weighted by Crippen LogP contribution is -2.52. The van der Waals surface area contributed by atoms with Crippen LogP contribution in [0.4, 0.5) is 0 Å². The van der Waals surface area contributed by atoms with Crippen molar-refractivity contribution in [2.75, 3.05) is 13.1 Å². The molecule has 1 atom stereocenters. The molecule has 1 heterocycles. The predicted octanol–water partition coefficient (Wildman–Crippen LogP) is -1.62. The zero-order valence-electron chi connectivity index (χ0n) is 10.3. The second-order valence-electron chi connectivity index (χ2n) is 3.94. The van der Waals surface area contributed by atoms with E-state index in [1.807, 2.05) is 0 Å². The highest BCUT2D eigenvalue weighted by atomic mass is 16.4. The van der Waals surface area contributed by atoms with Gasteiger partial charge in [-0.25, -0.2) is 15.4 Å². The fraction of sp³-hybridized carbons (Fsp3) is 0.400. The minimum absolute atomic E-state index is 0.00503. The number of hydrogen-bond acceptors (Lipinski definition) is 6. The summed E-state index contributed by atoms with van der Waals surface area (Å²) in [5.41, 5.74) is 2.90. The van der Waals surface area contributed by atoms with Gasteiger partial charge in [-0.2, -0.15) is 0 Å². The maximum Gasteiger partial charge on any atom is 0.322 e. The third-order valence-electron chi connectivity index (χ3n) is 2.27. The number of carboxylic acid groups (broad SMARTS) is 3. The minimum atomic E-state index is -1.27. The second kappa shape index (κ2) is 7.21. The van der Waals surface area contributed by atoms with Crippen LogP contribution in [0.3, 0.4) is 0 Å². The molecule has 110 valence electrons. The molecule has 0 saturated carbocycles. The summed E-state index contributed by atoms with van der Waals surface area (Å²) in [5.74, 6) is -3.78. The summed E-state index contributed by atoms with van der Waals surface area (Å²) in [6, 6.07) is -1.17. The molecular formula is C10H14N4O6. The average molecular weight is 286 g/mol. The number of aromatic amines is 1. The van der Waals surface area contributed by atoms with Crippen LogP contribution in [0.25, 0.3) is 0 Å². The van der Waals surface area contributed by atoms with Gasteiger partial charge in [-0.1, -0.05) is 0 Å². The van der Waals surface area contributed by atoms with E-state index in [0.29, 0.717) is 5.69 Å². The van der Waals surface area contributed by atoms with E-state index in [1.165, 1.54) is 12.5 Å². The van der Waals surface area contributed by atoms with Crippen LogP contribution in [0.2, 0.25) is 0 Å². The van der Waals surface area contributed by atoms with Gasteiger partial charge in [0.2, 0.25) is 0 Å². The van der Waals surface area contributed by atoms with Crippen LogP contribution in [0.5, 0.6) is 0 Å². The Balaban J connectivity index is 2.71. The van der Waals surface area contributed by atoms with Crippen LogP contribution < -0.4 is 5.43 Å². The van der Waals surface area contributed by atoms with Crippen molar-refractivity contribution < 1.29 is 29.7 Å². The number of carbonyl (C=O) groups is 3. The summed E-state index contributed by atoms with van der Waals surface area (Å²) >= 11 is 0. The molecule has 1 rings (SSSR count). The number of carboxylic acids is 3. The zero-order valence-corrected chi connectivity index (χ0v) is 10.3. The molecular weight excluding hydrogens is 272 g/mol. The first-order valence-electron chi connectivity index (χ1n) is 5.53. The molecule has 0 spiro atoms. The van der Waals surface area contributed by atoms with Crippen molar-refractivity contribution in [3.8, 4) is 0 Å². The molecule has 10 heteroatoms. The van der Waals surface area contributed by atoms with E-state index >= 15 is 0 Å². The van der Waals surface area contributed by atoms with Crippen molar-refractivity contribution in [1.29, 1.82) is 0 Å². The molecule has 0 aliphatic heterocycles. The molecule has 0 bridgehead atoms. The number of nitrogens with zero attached hydrogens (tertiary/aromatic N) is 2. The van der Waals surface area contributed by atoms with E-state index in [2.05, 4.69) is 15.4 Å². The van der Waals surface area contributed by atoms with Gasteiger partial charge in [-0.3, -0.25) is 14.4 Å². The monoisotopic (exact) mass is 286 g/mol. The van der Waals surface area contributed by atoms with Crippen LogP contribution in [-0.4, -0.2) is 67.3 Å². The number of imidazole rings is 1. The van der Waals surface area contributed by atoms with Gasteiger partial charge in [0, 0.05) is 18.3 Å². The smallest absolute Gasteiger partial charge is 0.322 e. The van der Waals surface area contributed by atoms with Gasteiger partial charge in [-0.05, 0) is 0 Å². The van der Waals surface area contributed by atoms with Crippen LogP contribution >= 0.6 is 0 Å². The lowest BCUT2D eigenvalue weighted by Gasteiger charge is -2.23. The number of rotatable bonds is 9. The van der Waals surface area contributed by atoms with E-state index < -0.39 is 37.0 Å². The molecule has 0 aliphatic carbocycles. The SMILES string of the molecule is O=C(O)CN(CC(=O)O)N[C@@H](Cc1cnc[nH]1)C(=O)O. The topological polar surface area (TPSA) is 156 Å². The molecule has 1 aromatic rings. The summed E-state index contributed by atoms with van der Waals surface area (Å²) in [5, 5.41) is 27.2. The molecule has 0 aliphatic rings. The minimum Gasteiger partial charge on any atom is -0.480 e. The lowest BCUT2D eigenvalue weighted by atomic mass is 10.2. The molecule has 1 aromatic heterocycles. The van der Waals surface area contributed by atoms with Crippen molar-refractivity contribution in [2.24, 2.45) is 0 Å². The Morgan fingerprint density at radius 3 is 2.25 bits per heavy atom. The molecule has 0 amide bonds. The van der Waals surface area contributed by atoms with Gasteiger partial charge in [0.15, 0.2) is 0 Å². The molecule has 0 fully saturated rings.